The molecule has 0 aliphatic heterocycles. The van der Waals surface area contributed by atoms with Crippen LogP contribution < -0.4 is 5.32 Å². The van der Waals surface area contributed by atoms with Gasteiger partial charge in [-0.1, -0.05) is 61.9 Å². The van der Waals surface area contributed by atoms with Gasteiger partial charge in [0.1, 0.15) is 5.76 Å². The van der Waals surface area contributed by atoms with E-state index < -0.39 is 0 Å². The third kappa shape index (κ3) is 6.69. The van der Waals surface area contributed by atoms with Crippen molar-refractivity contribution >= 4 is 0 Å². The van der Waals surface area contributed by atoms with Crippen molar-refractivity contribution in [3.05, 3.63) is 72.0 Å². The summed E-state index contributed by atoms with van der Waals surface area (Å²) in [7, 11) is 1.73. The van der Waals surface area contributed by atoms with E-state index in [0.717, 1.165) is 31.6 Å². The van der Waals surface area contributed by atoms with Crippen molar-refractivity contribution in [2.45, 2.75) is 58.0 Å². The number of hydrogen-bond donors (Lipinski definition) is 1. The van der Waals surface area contributed by atoms with Gasteiger partial charge in [0.05, 0.1) is 13.2 Å². The SMILES string of the molecule is C=C/C=C\C(OC)=C(/C)C1CC(CC#N)CCCCC1NCc1ccccc1. The highest BCUT2D eigenvalue weighted by atomic mass is 16.5. The number of nitrogens with one attached hydrogen (secondary N) is 1. The molecule has 0 radical (unpaired) electrons. The molecule has 0 heterocycles. The Kier molecular flexibility index (Phi) is 9.59. The summed E-state index contributed by atoms with van der Waals surface area (Å²) in [6.45, 7) is 6.81. The van der Waals surface area contributed by atoms with Crippen LogP contribution in [0, 0.1) is 23.2 Å². The lowest BCUT2D eigenvalue weighted by atomic mass is 9.76. The lowest BCUT2D eigenvalue weighted by Crippen LogP contribution is -2.38. The van der Waals surface area contributed by atoms with Crippen LogP contribution in [0.25, 0.3) is 0 Å². The summed E-state index contributed by atoms with van der Waals surface area (Å²) in [6.07, 6.45) is 12.1. The molecule has 3 heteroatoms. The van der Waals surface area contributed by atoms with Gasteiger partial charge in [-0.3, -0.25) is 0 Å². The van der Waals surface area contributed by atoms with Crippen LogP contribution in [0.5, 0.6) is 0 Å². The smallest absolute Gasteiger partial charge is 0.118 e. The van der Waals surface area contributed by atoms with Gasteiger partial charge in [0.15, 0.2) is 0 Å². The van der Waals surface area contributed by atoms with E-state index in [0.29, 0.717) is 24.3 Å². The standard InChI is InChI=1S/C25H34N2O/c1-4-5-15-25(28-3)20(2)23-18-21(16-17-26)11-9-10-14-24(23)27-19-22-12-7-6-8-13-22/h4-8,12-13,15,21,23-24,27H,1,9-11,14,16,18-19H2,2-3H3/b15-5-,25-20-. The molecule has 0 amide bonds. The van der Waals surface area contributed by atoms with Gasteiger partial charge in [0.25, 0.3) is 0 Å². The quantitative estimate of drug-likeness (QED) is 0.451. The Hall–Kier alpha value is -2.31. The molecule has 150 valence electrons. The molecule has 1 aliphatic carbocycles. The molecule has 1 aliphatic rings. The first-order valence-electron chi connectivity index (χ1n) is 10.4. The maximum Gasteiger partial charge on any atom is 0.118 e. The molecule has 3 nitrogen and oxygen atoms in total. The molecule has 28 heavy (non-hydrogen) atoms. The third-order valence-electron chi connectivity index (χ3n) is 5.79. The van der Waals surface area contributed by atoms with Gasteiger partial charge < -0.3 is 10.1 Å². The zero-order valence-electron chi connectivity index (χ0n) is 17.4. The monoisotopic (exact) mass is 378 g/mol. The summed E-state index contributed by atoms with van der Waals surface area (Å²) in [5.41, 5.74) is 2.56. The average Bonchev–Trinajstić information content (AvgIpc) is 2.70. The Morgan fingerprint density at radius 1 is 1.29 bits per heavy atom. The number of nitriles is 1. The summed E-state index contributed by atoms with van der Waals surface area (Å²) < 4.78 is 5.70. The van der Waals surface area contributed by atoms with Gasteiger partial charge in [-0.05, 0) is 55.2 Å². The summed E-state index contributed by atoms with van der Waals surface area (Å²) in [4.78, 5) is 0. The minimum absolute atomic E-state index is 0.353. The molecule has 0 bridgehead atoms. The third-order valence-corrected chi connectivity index (χ3v) is 5.79. The molecule has 1 aromatic carbocycles. The second-order valence-corrected chi connectivity index (χ2v) is 7.67. The highest BCUT2D eigenvalue weighted by Gasteiger charge is 2.29. The molecule has 0 saturated heterocycles. The van der Waals surface area contributed by atoms with E-state index >= 15 is 0 Å². The number of benzene rings is 1. The van der Waals surface area contributed by atoms with E-state index in [2.05, 4.69) is 55.2 Å². The normalized spacial score (nSPS) is 24.0. The molecule has 1 fully saturated rings. The summed E-state index contributed by atoms with van der Waals surface area (Å²) in [5, 5.41) is 13.1. The molecule has 3 unspecified atom stereocenters. The van der Waals surface area contributed by atoms with Gasteiger partial charge >= 0.3 is 0 Å². The van der Waals surface area contributed by atoms with E-state index in [9.17, 15) is 5.26 Å². The first kappa shape index (κ1) is 22.0. The number of nitrogens with zero attached hydrogens (tertiary/aromatic N) is 1. The summed E-state index contributed by atoms with van der Waals surface area (Å²) in [6, 6.07) is 13.3. The highest BCUT2D eigenvalue weighted by molar-refractivity contribution is 5.25. The second-order valence-electron chi connectivity index (χ2n) is 7.67. The van der Waals surface area contributed by atoms with Crippen LogP contribution in [0.3, 0.4) is 0 Å². The van der Waals surface area contributed by atoms with E-state index in [4.69, 9.17) is 4.74 Å². The number of methoxy groups -OCH3 is 1. The predicted molar refractivity (Wildman–Crippen MR) is 116 cm³/mol. The Morgan fingerprint density at radius 3 is 2.71 bits per heavy atom. The fourth-order valence-electron chi connectivity index (χ4n) is 4.22. The molecular weight excluding hydrogens is 344 g/mol. The molecule has 0 spiro atoms. The highest BCUT2D eigenvalue weighted by Crippen LogP contribution is 2.35. The molecule has 0 aromatic heterocycles. The van der Waals surface area contributed by atoms with Crippen LogP contribution in [-0.4, -0.2) is 13.2 Å². The van der Waals surface area contributed by atoms with Crippen LogP contribution >= 0.6 is 0 Å². The van der Waals surface area contributed by atoms with Gasteiger partial charge in [-0.25, -0.2) is 0 Å². The largest absolute Gasteiger partial charge is 0.497 e. The van der Waals surface area contributed by atoms with Crippen LogP contribution in [-0.2, 0) is 11.3 Å². The van der Waals surface area contributed by atoms with Crippen molar-refractivity contribution in [1.82, 2.24) is 5.32 Å². The van der Waals surface area contributed by atoms with E-state index in [1.54, 1.807) is 13.2 Å². The lowest BCUT2D eigenvalue weighted by Gasteiger charge is -2.34. The van der Waals surface area contributed by atoms with Gasteiger partial charge in [-0.2, -0.15) is 5.26 Å². The minimum Gasteiger partial charge on any atom is -0.497 e. The van der Waals surface area contributed by atoms with E-state index in [-0.39, 0.29) is 0 Å². The van der Waals surface area contributed by atoms with Gasteiger partial charge in [0, 0.05) is 19.0 Å². The zero-order chi connectivity index (χ0) is 20.2. The lowest BCUT2D eigenvalue weighted by molar-refractivity contribution is 0.245. The number of hydrogen-bond acceptors (Lipinski definition) is 3. The van der Waals surface area contributed by atoms with E-state index in [1.165, 1.54) is 24.0 Å². The number of rotatable bonds is 8. The Labute approximate surface area is 170 Å². The van der Waals surface area contributed by atoms with Crippen LogP contribution in [0.2, 0.25) is 0 Å². The van der Waals surface area contributed by atoms with Gasteiger partial charge in [-0.15, -0.1) is 0 Å². The van der Waals surface area contributed by atoms with Crippen molar-refractivity contribution in [1.29, 1.82) is 5.26 Å². The van der Waals surface area contributed by atoms with Crippen molar-refractivity contribution in [2.75, 3.05) is 7.11 Å². The van der Waals surface area contributed by atoms with Crippen molar-refractivity contribution in [3.8, 4) is 6.07 Å². The van der Waals surface area contributed by atoms with Crippen molar-refractivity contribution in [2.24, 2.45) is 11.8 Å². The van der Waals surface area contributed by atoms with Gasteiger partial charge in [0.2, 0.25) is 0 Å². The predicted octanol–water partition coefficient (Wildman–Crippen LogP) is 5.92. The maximum absolute atomic E-state index is 9.27. The van der Waals surface area contributed by atoms with Crippen LogP contribution in [0.15, 0.2) is 66.5 Å². The summed E-state index contributed by atoms with van der Waals surface area (Å²) in [5.74, 6) is 1.72. The van der Waals surface area contributed by atoms with E-state index in [1.807, 2.05) is 12.2 Å². The van der Waals surface area contributed by atoms with Crippen LogP contribution in [0.1, 0.15) is 51.0 Å². The fourth-order valence-corrected chi connectivity index (χ4v) is 4.22. The molecule has 3 atom stereocenters. The second kappa shape index (κ2) is 12.2. The zero-order valence-corrected chi connectivity index (χ0v) is 17.4. The van der Waals surface area contributed by atoms with Crippen molar-refractivity contribution < 1.29 is 4.74 Å². The molecule has 1 aromatic rings. The molecule has 1 saturated carbocycles. The Morgan fingerprint density at radius 2 is 2.04 bits per heavy atom. The maximum atomic E-state index is 9.27. The first-order chi connectivity index (χ1) is 13.7. The topological polar surface area (TPSA) is 45.0 Å². The molecule has 1 N–H and O–H groups in total. The first-order valence-corrected chi connectivity index (χ1v) is 10.4. The van der Waals surface area contributed by atoms with Crippen LogP contribution in [0.4, 0.5) is 0 Å². The molecule has 2 rings (SSSR count). The number of ether oxygens (including phenoxy) is 1. The number of allylic oxidation sites excluding steroid dienone is 3. The fraction of sp³-hybridized carbons (Fsp3) is 0.480. The Balaban J connectivity index is 2.27. The Bertz CT molecular complexity index is 699. The minimum atomic E-state index is 0.353. The van der Waals surface area contributed by atoms with Crippen molar-refractivity contribution in [3.63, 3.8) is 0 Å². The molecular formula is C25H34N2O. The average molecular weight is 379 g/mol. The summed E-state index contributed by atoms with van der Waals surface area (Å²) >= 11 is 0.